The molecule has 5 heteroatoms. The third-order valence-electron chi connectivity index (χ3n) is 6.59. The number of hydrogen-bond donors (Lipinski definition) is 0. The van der Waals surface area contributed by atoms with E-state index in [9.17, 15) is 4.79 Å². The largest absolute Gasteiger partial charge is 0.493 e. The molecule has 0 N–H and O–H groups in total. The molecule has 156 valence electrons. The first kappa shape index (κ1) is 21.0. The maximum atomic E-state index is 12.6. The minimum atomic E-state index is -0.269. The smallest absolute Gasteiger partial charge is 0.338 e. The fourth-order valence-electron chi connectivity index (χ4n) is 4.93. The predicted molar refractivity (Wildman–Crippen MR) is 110 cm³/mol. The van der Waals surface area contributed by atoms with Crippen molar-refractivity contribution in [3.63, 3.8) is 0 Å². The van der Waals surface area contributed by atoms with Gasteiger partial charge in [0.2, 0.25) is 0 Å². The topological polar surface area (TPSA) is 44.8 Å². The van der Waals surface area contributed by atoms with Crippen LogP contribution in [0.2, 0.25) is 0 Å². The van der Waals surface area contributed by atoms with Crippen molar-refractivity contribution in [1.29, 1.82) is 0 Å². The molecule has 0 bridgehead atoms. The Kier molecular flexibility index (Phi) is 7.22. The SMILES string of the molecule is CCCCOc1ccc(C(=O)OC[C@@H]2CCC[N@+]3(C)CCCC[C@H]23)cc1OC. The summed E-state index contributed by atoms with van der Waals surface area (Å²) in [5.41, 5.74) is 0.524. The zero-order valence-electron chi connectivity index (χ0n) is 17.7. The number of piperidine rings is 2. The van der Waals surface area contributed by atoms with Crippen LogP contribution in [0.15, 0.2) is 18.2 Å². The number of hydrogen-bond acceptors (Lipinski definition) is 4. The van der Waals surface area contributed by atoms with Gasteiger partial charge in [0.1, 0.15) is 6.61 Å². The van der Waals surface area contributed by atoms with Crippen molar-refractivity contribution in [2.75, 3.05) is 40.5 Å². The van der Waals surface area contributed by atoms with E-state index in [-0.39, 0.29) is 5.97 Å². The number of benzene rings is 1. The summed E-state index contributed by atoms with van der Waals surface area (Å²) in [4.78, 5) is 12.6. The van der Waals surface area contributed by atoms with E-state index in [1.54, 1.807) is 25.3 Å². The van der Waals surface area contributed by atoms with Gasteiger partial charge in [0.15, 0.2) is 11.5 Å². The van der Waals surface area contributed by atoms with Crippen LogP contribution in [0, 0.1) is 5.92 Å². The molecule has 28 heavy (non-hydrogen) atoms. The first-order valence-electron chi connectivity index (χ1n) is 10.9. The van der Waals surface area contributed by atoms with Crippen LogP contribution in [-0.4, -0.2) is 57.0 Å². The Morgan fingerprint density at radius 1 is 1.14 bits per heavy atom. The van der Waals surface area contributed by atoms with Crippen molar-refractivity contribution in [3.05, 3.63) is 23.8 Å². The van der Waals surface area contributed by atoms with Crippen LogP contribution in [0.4, 0.5) is 0 Å². The third-order valence-corrected chi connectivity index (χ3v) is 6.59. The minimum absolute atomic E-state index is 0.269. The molecule has 2 aliphatic rings. The average Bonchev–Trinajstić information content (AvgIpc) is 2.71. The molecular formula is C23H36NO4+. The fraction of sp³-hybridized carbons (Fsp3) is 0.696. The molecule has 1 aromatic rings. The fourth-order valence-corrected chi connectivity index (χ4v) is 4.93. The molecule has 0 aromatic heterocycles. The Morgan fingerprint density at radius 2 is 1.96 bits per heavy atom. The van der Waals surface area contributed by atoms with Crippen LogP contribution in [-0.2, 0) is 4.74 Å². The summed E-state index contributed by atoms with van der Waals surface area (Å²) in [6.45, 7) is 5.84. The lowest BCUT2D eigenvalue weighted by Gasteiger charge is -2.51. The van der Waals surface area contributed by atoms with Gasteiger partial charge in [-0.05, 0) is 50.3 Å². The van der Waals surface area contributed by atoms with Gasteiger partial charge in [0.05, 0.1) is 45.5 Å². The van der Waals surface area contributed by atoms with Gasteiger partial charge in [0.25, 0.3) is 0 Å². The van der Waals surface area contributed by atoms with Crippen LogP contribution in [0.1, 0.15) is 62.2 Å². The number of fused-ring (bicyclic) bond motifs is 1. The molecule has 0 radical (unpaired) electrons. The summed E-state index contributed by atoms with van der Waals surface area (Å²) in [6, 6.07) is 5.94. The Balaban J connectivity index is 1.59. The summed E-state index contributed by atoms with van der Waals surface area (Å²) in [7, 11) is 3.99. The van der Waals surface area contributed by atoms with E-state index in [0.29, 0.717) is 42.2 Å². The van der Waals surface area contributed by atoms with Gasteiger partial charge in [0, 0.05) is 12.3 Å². The summed E-state index contributed by atoms with van der Waals surface area (Å²) < 4.78 is 18.1. The molecule has 1 aromatic carbocycles. The van der Waals surface area contributed by atoms with E-state index in [4.69, 9.17) is 14.2 Å². The lowest BCUT2D eigenvalue weighted by molar-refractivity contribution is -0.947. The molecule has 0 aliphatic carbocycles. The summed E-state index contributed by atoms with van der Waals surface area (Å²) >= 11 is 0. The normalized spacial score (nSPS) is 27.0. The molecule has 2 aliphatic heterocycles. The van der Waals surface area contributed by atoms with Crippen LogP contribution in [0.3, 0.4) is 0 Å². The molecule has 3 rings (SSSR count). The van der Waals surface area contributed by atoms with Gasteiger partial charge >= 0.3 is 5.97 Å². The highest BCUT2D eigenvalue weighted by atomic mass is 16.5. The lowest BCUT2D eigenvalue weighted by atomic mass is 9.82. The Hall–Kier alpha value is -1.75. The van der Waals surface area contributed by atoms with Gasteiger partial charge in [-0.2, -0.15) is 0 Å². The molecule has 2 saturated heterocycles. The van der Waals surface area contributed by atoms with E-state index in [1.807, 2.05) is 0 Å². The van der Waals surface area contributed by atoms with E-state index >= 15 is 0 Å². The van der Waals surface area contributed by atoms with Gasteiger partial charge < -0.3 is 18.7 Å². The van der Waals surface area contributed by atoms with Crippen molar-refractivity contribution in [2.45, 2.75) is 57.9 Å². The Bertz CT molecular complexity index is 658. The summed E-state index contributed by atoms with van der Waals surface area (Å²) in [5.74, 6) is 1.46. The highest BCUT2D eigenvalue weighted by molar-refractivity contribution is 5.90. The number of unbranched alkanes of at least 4 members (excludes halogenated alkanes) is 1. The Morgan fingerprint density at radius 3 is 2.75 bits per heavy atom. The third kappa shape index (κ3) is 4.80. The lowest BCUT2D eigenvalue weighted by Crippen LogP contribution is -2.61. The number of nitrogens with zero attached hydrogens (tertiary/aromatic N) is 1. The first-order chi connectivity index (χ1) is 13.6. The van der Waals surface area contributed by atoms with E-state index in [2.05, 4.69) is 14.0 Å². The van der Waals surface area contributed by atoms with Crippen molar-refractivity contribution < 1.29 is 23.5 Å². The van der Waals surface area contributed by atoms with Crippen molar-refractivity contribution in [2.24, 2.45) is 5.92 Å². The standard InChI is InChI=1S/C23H36NO4/c1-4-5-15-27-21-12-11-18(16-22(21)26-3)23(25)28-17-19-9-8-14-24(2)13-7-6-10-20(19)24/h11-12,16,19-20H,4-10,13-15,17H2,1-3H3/q+1/t19-,20+,24-/m0/s1. The number of ether oxygens (including phenoxy) is 3. The maximum Gasteiger partial charge on any atom is 0.338 e. The summed E-state index contributed by atoms with van der Waals surface area (Å²) in [5, 5.41) is 0. The molecule has 5 nitrogen and oxygen atoms in total. The second kappa shape index (κ2) is 9.64. The number of carbonyl (C=O) groups excluding carboxylic acids is 1. The number of methoxy groups -OCH3 is 1. The van der Waals surface area contributed by atoms with Crippen molar-refractivity contribution in [3.8, 4) is 11.5 Å². The second-order valence-corrected chi connectivity index (χ2v) is 8.56. The molecule has 0 spiro atoms. The molecule has 2 fully saturated rings. The van der Waals surface area contributed by atoms with Gasteiger partial charge in [-0.25, -0.2) is 4.79 Å². The molecule has 0 saturated carbocycles. The van der Waals surface area contributed by atoms with Crippen molar-refractivity contribution in [1.82, 2.24) is 0 Å². The molecule has 2 heterocycles. The molecule has 3 atom stereocenters. The van der Waals surface area contributed by atoms with Crippen molar-refractivity contribution >= 4 is 5.97 Å². The van der Waals surface area contributed by atoms with E-state index < -0.39 is 0 Å². The number of carbonyl (C=O) groups is 1. The van der Waals surface area contributed by atoms with Gasteiger partial charge in [-0.15, -0.1) is 0 Å². The van der Waals surface area contributed by atoms with E-state index in [0.717, 1.165) is 12.8 Å². The summed E-state index contributed by atoms with van der Waals surface area (Å²) in [6.07, 6.45) is 8.35. The minimum Gasteiger partial charge on any atom is -0.493 e. The van der Waals surface area contributed by atoms with Crippen LogP contribution >= 0.6 is 0 Å². The maximum absolute atomic E-state index is 12.6. The first-order valence-corrected chi connectivity index (χ1v) is 10.9. The molecule has 0 unspecified atom stereocenters. The molecule has 0 amide bonds. The van der Waals surface area contributed by atoms with Crippen LogP contribution in [0.25, 0.3) is 0 Å². The number of quaternary nitrogens is 1. The Labute approximate surface area is 169 Å². The number of esters is 1. The van der Waals surface area contributed by atoms with E-state index in [1.165, 1.54) is 49.7 Å². The van der Waals surface area contributed by atoms with Crippen LogP contribution < -0.4 is 9.47 Å². The van der Waals surface area contributed by atoms with Gasteiger partial charge in [-0.3, -0.25) is 0 Å². The van der Waals surface area contributed by atoms with Crippen LogP contribution in [0.5, 0.6) is 11.5 Å². The second-order valence-electron chi connectivity index (χ2n) is 8.56. The quantitative estimate of drug-likeness (QED) is 0.374. The zero-order valence-corrected chi connectivity index (χ0v) is 17.7. The monoisotopic (exact) mass is 390 g/mol. The average molecular weight is 391 g/mol. The highest BCUT2D eigenvalue weighted by Gasteiger charge is 2.43. The highest BCUT2D eigenvalue weighted by Crippen LogP contribution is 2.36. The predicted octanol–water partition coefficient (Wildman–Crippen LogP) is 4.44. The zero-order chi connectivity index (χ0) is 20.0. The number of rotatable bonds is 8. The molecular weight excluding hydrogens is 354 g/mol. The van der Waals surface area contributed by atoms with Gasteiger partial charge in [-0.1, -0.05) is 13.3 Å².